The van der Waals surface area contributed by atoms with Gasteiger partial charge in [0, 0.05) is 0 Å². The zero-order chi connectivity index (χ0) is 21.6. The number of halogens is 1. The number of ether oxygens (including phenoxy) is 1. The first-order valence-corrected chi connectivity index (χ1v) is 12.2. The van der Waals surface area contributed by atoms with Crippen LogP contribution >= 0.6 is 27.7 Å². The molecule has 7 nitrogen and oxygen atoms in total. The molecule has 0 saturated carbocycles. The average Bonchev–Trinajstić information content (AvgIpc) is 2.66. The number of alkyl halides is 1. The summed E-state index contributed by atoms with van der Waals surface area (Å²) in [5.41, 5.74) is 0.833. The van der Waals surface area contributed by atoms with Gasteiger partial charge in [-0.15, -0.1) is 0 Å². The van der Waals surface area contributed by atoms with E-state index in [1.807, 2.05) is 0 Å². The molecule has 0 spiro atoms. The molecule has 0 aliphatic carbocycles. The second kappa shape index (κ2) is 10.4. The van der Waals surface area contributed by atoms with E-state index in [2.05, 4.69) is 15.9 Å². The Balaban J connectivity index is 3.72. The smallest absolute Gasteiger partial charge is 0.330 e. The quantitative estimate of drug-likeness (QED) is 0.405. The largest absolute Gasteiger partial charge is 0.467 e. The van der Waals surface area contributed by atoms with E-state index in [1.54, 1.807) is 32.9 Å². The number of sulfonamides is 1. The zero-order valence-electron chi connectivity index (χ0n) is 16.3. The maximum Gasteiger partial charge on any atom is 0.330 e. The van der Waals surface area contributed by atoms with Crippen molar-refractivity contribution >= 4 is 54.7 Å². The minimum absolute atomic E-state index is 0.152. The standard InChI is InChI=1S/C18H24BrNO6S2/c1-11(2)15(18(23)27-5)16(17(22)26-4)20(14(21)10-19)28(24,25)13-8-6-12(3)7-9-13/h6-9,11,15-16H,10H2,1-5H3/t15-,16+/m0/s1. The fourth-order valence-corrected chi connectivity index (χ4v) is 5.40. The van der Waals surface area contributed by atoms with Gasteiger partial charge in [-0.2, -0.15) is 0 Å². The van der Waals surface area contributed by atoms with Crippen molar-refractivity contribution in [2.75, 3.05) is 18.7 Å². The van der Waals surface area contributed by atoms with Crippen LogP contribution in [0.1, 0.15) is 19.4 Å². The van der Waals surface area contributed by atoms with Crippen molar-refractivity contribution in [2.24, 2.45) is 11.8 Å². The third kappa shape index (κ3) is 5.36. The molecule has 0 N–H and O–H groups in total. The van der Waals surface area contributed by atoms with E-state index in [0.29, 0.717) is 4.31 Å². The molecule has 0 fully saturated rings. The molecule has 1 amide bonds. The monoisotopic (exact) mass is 493 g/mol. The Labute approximate surface area is 178 Å². The Kier molecular flexibility index (Phi) is 9.16. The van der Waals surface area contributed by atoms with Gasteiger partial charge in [-0.1, -0.05) is 59.2 Å². The van der Waals surface area contributed by atoms with Crippen LogP contribution in [0.5, 0.6) is 0 Å². The minimum atomic E-state index is -4.41. The highest BCUT2D eigenvalue weighted by Gasteiger charge is 2.47. The summed E-state index contributed by atoms with van der Waals surface area (Å²) < 4.78 is 31.9. The van der Waals surface area contributed by atoms with E-state index >= 15 is 0 Å². The first kappa shape index (κ1) is 24.6. The van der Waals surface area contributed by atoms with Crippen LogP contribution < -0.4 is 0 Å². The van der Waals surface area contributed by atoms with Crippen LogP contribution in [0.2, 0.25) is 0 Å². The molecule has 0 unspecified atom stereocenters. The number of hydrogen-bond acceptors (Lipinski definition) is 7. The van der Waals surface area contributed by atoms with Crippen molar-refractivity contribution in [3.63, 3.8) is 0 Å². The lowest BCUT2D eigenvalue weighted by Crippen LogP contribution is -2.55. The number of methoxy groups -OCH3 is 1. The zero-order valence-corrected chi connectivity index (χ0v) is 19.6. The third-order valence-electron chi connectivity index (χ3n) is 4.16. The van der Waals surface area contributed by atoms with E-state index in [1.165, 1.54) is 18.4 Å². The number of esters is 1. The van der Waals surface area contributed by atoms with Gasteiger partial charge in [-0.3, -0.25) is 9.59 Å². The van der Waals surface area contributed by atoms with Crippen LogP contribution in [0.3, 0.4) is 0 Å². The molecule has 0 aliphatic heterocycles. The Bertz CT molecular complexity index is 823. The Morgan fingerprint density at radius 1 is 1.18 bits per heavy atom. The molecule has 1 rings (SSSR count). The van der Waals surface area contributed by atoms with Crippen molar-refractivity contribution in [3.8, 4) is 0 Å². The number of amides is 1. The molecular weight excluding hydrogens is 470 g/mol. The lowest BCUT2D eigenvalue weighted by molar-refractivity contribution is -0.152. The van der Waals surface area contributed by atoms with Gasteiger partial charge in [-0.25, -0.2) is 17.5 Å². The highest BCUT2D eigenvalue weighted by Crippen LogP contribution is 2.30. The first-order valence-electron chi connectivity index (χ1n) is 8.38. The molecule has 0 aliphatic rings. The van der Waals surface area contributed by atoms with Gasteiger partial charge in [-0.05, 0) is 31.2 Å². The number of benzene rings is 1. The number of carbonyl (C=O) groups excluding carboxylic acids is 3. The van der Waals surface area contributed by atoms with E-state index in [-0.39, 0.29) is 10.2 Å². The fourth-order valence-electron chi connectivity index (χ4n) is 2.73. The number of carbonyl (C=O) groups is 3. The molecule has 28 heavy (non-hydrogen) atoms. The summed E-state index contributed by atoms with van der Waals surface area (Å²) in [5, 5.41) is -0.749. The molecule has 10 heteroatoms. The molecule has 0 heterocycles. The Morgan fingerprint density at radius 2 is 1.71 bits per heavy atom. The highest BCUT2D eigenvalue weighted by atomic mass is 79.9. The van der Waals surface area contributed by atoms with E-state index in [4.69, 9.17) is 4.74 Å². The topological polar surface area (TPSA) is 97.8 Å². The number of aryl methyl sites for hydroxylation is 1. The second-order valence-corrected chi connectivity index (χ2v) is 9.59. The van der Waals surface area contributed by atoms with Crippen molar-refractivity contribution in [1.82, 2.24) is 4.31 Å². The van der Waals surface area contributed by atoms with Crippen molar-refractivity contribution < 1.29 is 27.5 Å². The Hall–Kier alpha value is -1.39. The minimum Gasteiger partial charge on any atom is -0.467 e. The molecule has 1 aromatic carbocycles. The lowest BCUT2D eigenvalue weighted by Gasteiger charge is -2.34. The van der Waals surface area contributed by atoms with Gasteiger partial charge >= 0.3 is 5.97 Å². The summed E-state index contributed by atoms with van der Waals surface area (Å²) in [5.74, 6) is -3.31. The lowest BCUT2D eigenvalue weighted by atomic mass is 9.89. The molecule has 156 valence electrons. The van der Waals surface area contributed by atoms with Gasteiger partial charge in [0.2, 0.25) is 5.91 Å². The molecule has 0 bridgehead atoms. The van der Waals surface area contributed by atoms with Crippen LogP contribution in [0, 0.1) is 18.8 Å². The van der Waals surface area contributed by atoms with Crippen LogP contribution in [-0.2, 0) is 29.1 Å². The number of rotatable bonds is 8. The van der Waals surface area contributed by atoms with Crippen molar-refractivity contribution in [2.45, 2.75) is 31.7 Å². The van der Waals surface area contributed by atoms with Gasteiger partial charge in [0.05, 0.1) is 23.3 Å². The van der Waals surface area contributed by atoms with Crippen molar-refractivity contribution in [1.29, 1.82) is 0 Å². The molecule has 0 radical (unpaired) electrons. The summed E-state index contributed by atoms with van der Waals surface area (Å²) in [7, 11) is -3.32. The van der Waals surface area contributed by atoms with Crippen LogP contribution in [-0.4, -0.2) is 54.5 Å². The summed E-state index contributed by atoms with van der Waals surface area (Å²) in [6.07, 6.45) is 1.54. The van der Waals surface area contributed by atoms with E-state index in [9.17, 15) is 22.8 Å². The molecular formula is C18H24BrNO6S2. The van der Waals surface area contributed by atoms with E-state index < -0.39 is 44.9 Å². The first-order chi connectivity index (χ1) is 13.0. The fraction of sp³-hybridized carbons (Fsp3) is 0.500. The van der Waals surface area contributed by atoms with Crippen LogP contribution in [0.4, 0.5) is 0 Å². The maximum atomic E-state index is 13.3. The number of thioether (sulfide) groups is 1. The number of nitrogens with zero attached hydrogens (tertiary/aromatic N) is 1. The SMILES string of the molecule is COC(=O)[C@@H]([C@@H](C(=O)SC)C(C)C)N(C(=O)CBr)S(=O)(=O)c1ccc(C)cc1. The average molecular weight is 494 g/mol. The summed E-state index contributed by atoms with van der Waals surface area (Å²) in [4.78, 5) is 37.7. The summed E-state index contributed by atoms with van der Waals surface area (Å²) in [6.45, 7) is 5.16. The third-order valence-corrected chi connectivity index (χ3v) is 7.14. The van der Waals surface area contributed by atoms with Crippen molar-refractivity contribution in [3.05, 3.63) is 29.8 Å². The number of hydrogen-bond donors (Lipinski definition) is 0. The highest BCUT2D eigenvalue weighted by molar-refractivity contribution is 9.09. The Morgan fingerprint density at radius 3 is 2.11 bits per heavy atom. The predicted octanol–water partition coefficient (Wildman–Crippen LogP) is 2.61. The van der Waals surface area contributed by atoms with Gasteiger partial charge in [0.1, 0.15) is 0 Å². The van der Waals surface area contributed by atoms with Gasteiger partial charge in [0.25, 0.3) is 10.0 Å². The second-order valence-electron chi connectivity index (χ2n) is 6.40. The molecule has 0 aromatic heterocycles. The van der Waals surface area contributed by atoms with E-state index in [0.717, 1.165) is 24.4 Å². The van der Waals surface area contributed by atoms with Crippen LogP contribution in [0.25, 0.3) is 0 Å². The van der Waals surface area contributed by atoms with Gasteiger partial charge in [0.15, 0.2) is 11.2 Å². The summed E-state index contributed by atoms with van der Waals surface area (Å²) in [6, 6.07) is 4.28. The molecule has 2 atom stereocenters. The predicted molar refractivity (Wildman–Crippen MR) is 112 cm³/mol. The molecule has 1 aromatic rings. The normalized spacial score (nSPS) is 13.7. The van der Waals surface area contributed by atoms with Crippen LogP contribution in [0.15, 0.2) is 29.2 Å². The molecule has 0 saturated heterocycles. The maximum absolute atomic E-state index is 13.3. The summed E-state index contributed by atoms with van der Waals surface area (Å²) >= 11 is 3.85. The van der Waals surface area contributed by atoms with Gasteiger partial charge < -0.3 is 4.74 Å².